The molecule has 35 heteroatoms. The van der Waals surface area contributed by atoms with E-state index in [-0.39, 0.29) is 17.0 Å². The first kappa shape index (κ1) is 50.8. The zero-order valence-electron chi connectivity index (χ0n) is 31.2. The van der Waals surface area contributed by atoms with Gasteiger partial charge in [0, 0.05) is 6.07 Å². The predicted molar refractivity (Wildman–Crippen MR) is 211 cm³/mol. The summed E-state index contributed by atoms with van der Waals surface area (Å²) in [6.45, 7) is -0.895. The molecule has 0 amide bonds. The third kappa shape index (κ3) is 12.4. The van der Waals surface area contributed by atoms with Gasteiger partial charge in [0.25, 0.3) is 30.4 Å². The van der Waals surface area contributed by atoms with Crippen molar-refractivity contribution in [3.63, 3.8) is 0 Å². The summed E-state index contributed by atoms with van der Waals surface area (Å²) in [5.74, 6) is -3.78. The number of aryl methyl sites for hydroxylation is 1. The molecule has 4 aromatic carbocycles. The van der Waals surface area contributed by atoms with Crippen LogP contribution in [0, 0.1) is 6.92 Å². The van der Waals surface area contributed by atoms with Gasteiger partial charge in [-0.25, -0.2) is 25.2 Å². The van der Waals surface area contributed by atoms with E-state index in [1.54, 1.807) is 0 Å². The number of phenolic OH excluding ortho intramolecular Hbond substituents is 1. The predicted octanol–water partition coefficient (Wildman–Crippen LogP) is 2.20. The first-order valence-electron chi connectivity index (χ1n) is 16.0. The van der Waals surface area contributed by atoms with Gasteiger partial charge in [0.05, 0.1) is 52.7 Å². The maximum atomic E-state index is 12.9. The van der Waals surface area contributed by atoms with E-state index in [0.717, 1.165) is 19.2 Å². The molecule has 0 aliphatic heterocycles. The highest BCUT2D eigenvalue weighted by Gasteiger charge is 2.29. The SMILES string of the molecule is COc1cc(S(=O)(=O)CCOS(=O)(=O)O)c(C)cc1/N=N/c1c(S(=O)(=O)O)cc2cc(S(=O)(=O)O)c(/N=N/c3ccc(S(=O)(=O)CCOS(=O)(=O)O)cc3S(=O)(=O)O)c(N)c2c1O. The molecular weight excluding hydrogens is 999 g/mol. The Hall–Kier alpha value is -4.89. The van der Waals surface area contributed by atoms with E-state index in [9.17, 15) is 77.7 Å². The van der Waals surface area contributed by atoms with Crippen LogP contribution in [0.4, 0.5) is 28.4 Å². The summed E-state index contributed by atoms with van der Waals surface area (Å²) in [5.41, 5.74) is 1.55. The Morgan fingerprint density at radius 1 is 0.571 bits per heavy atom. The van der Waals surface area contributed by atoms with Crippen molar-refractivity contribution >= 4 is 110 Å². The number of anilines is 1. The van der Waals surface area contributed by atoms with Crippen LogP contribution in [-0.2, 0) is 79.2 Å². The lowest BCUT2D eigenvalue weighted by atomic mass is 10.1. The Kier molecular flexibility index (Phi) is 14.5. The lowest BCUT2D eigenvalue weighted by Crippen LogP contribution is -2.16. The van der Waals surface area contributed by atoms with Crippen molar-refractivity contribution in [1.29, 1.82) is 0 Å². The fourth-order valence-corrected chi connectivity index (χ4v) is 10.6. The normalized spacial score (nSPS) is 13.6. The number of aromatic hydroxyl groups is 1. The number of nitrogens with zero attached hydrogens (tertiary/aromatic N) is 4. The number of benzene rings is 4. The number of sulfone groups is 2. The van der Waals surface area contributed by atoms with Crippen molar-refractivity contribution in [2.45, 2.75) is 31.4 Å². The highest BCUT2D eigenvalue weighted by atomic mass is 32.3. The van der Waals surface area contributed by atoms with E-state index < -0.39 is 159 Å². The minimum Gasteiger partial charge on any atom is -0.505 e. The summed E-state index contributed by atoms with van der Waals surface area (Å²) >= 11 is 0. The number of hydrogen-bond acceptors (Lipinski definition) is 23. The maximum absolute atomic E-state index is 12.9. The number of fused-ring (bicyclic) bond motifs is 1. The Morgan fingerprint density at radius 3 is 1.54 bits per heavy atom. The number of hydrogen-bond donors (Lipinski definition) is 7. The quantitative estimate of drug-likeness (QED) is 0.0426. The third-order valence-corrected chi connectivity index (χ3v) is 15.0. The second kappa shape index (κ2) is 17.9. The average molecular weight is 1030 g/mol. The van der Waals surface area contributed by atoms with Gasteiger partial charge in [-0.15, -0.1) is 20.5 Å². The van der Waals surface area contributed by atoms with E-state index >= 15 is 0 Å². The van der Waals surface area contributed by atoms with Crippen molar-refractivity contribution in [2.75, 3.05) is 37.6 Å². The number of methoxy groups -OCH3 is 1. The molecule has 28 nitrogen and oxygen atoms in total. The molecule has 0 atom stereocenters. The van der Waals surface area contributed by atoms with Crippen LogP contribution in [0.2, 0.25) is 0 Å². The second-order valence-electron chi connectivity index (χ2n) is 12.2. The van der Waals surface area contributed by atoms with Gasteiger partial charge in [-0.05, 0) is 54.3 Å². The number of ether oxygens (including phenoxy) is 1. The van der Waals surface area contributed by atoms with Crippen LogP contribution in [0.25, 0.3) is 10.8 Å². The van der Waals surface area contributed by atoms with Crippen LogP contribution in [0.15, 0.2) is 87.4 Å². The first-order chi connectivity index (χ1) is 28.6. The van der Waals surface area contributed by atoms with Crippen LogP contribution < -0.4 is 10.5 Å². The fourth-order valence-electron chi connectivity index (χ4n) is 5.25. The van der Waals surface area contributed by atoms with Crippen LogP contribution in [-0.4, -0.2) is 119 Å². The molecule has 0 saturated carbocycles. The number of rotatable bonds is 18. The maximum Gasteiger partial charge on any atom is 0.397 e. The minimum absolute atomic E-state index is 0.0926. The first-order valence-corrected chi connectivity index (χ1v) is 26.3. The molecule has 0 radical (unpaired) electrons. The molecule has 0 aromatic heterocycles. The van der Waals surface area contributed by atoms with Gasteiger partial charge in [0.1, 0.15) is 43.2 Å². The van der Waals surface area contributed by atoms with Crippen LogP contribution in [0.1, 0.15) is 5.56 Å². The molecule has 0 aliphatic rings. The minimum atomic E-state index is -5.48. The lowest BCUT2D eigenvalue weighted by Gasteiger charge is -2.14. The molecule has 0 bridgehead atoms. The molecule has 0 fully saturated rings. The van der Waals surface area contributed by atoms with Gasteiger partial charge < -0.3 is 15.6 Å². The summed E-state index contributed by atoms with van der Waals surface area (Å²) in [6, 6.07) is 4.50. The van der Waals surface area contributed by atoms with Crippen LogP contribution >= 0.6 is 0 Å². The molecule has 0 saturated heterocycles. The van der Waals surface area contributed by atoms with E-state index in [4.69, 9.17) is 19.6 Å². The van der Waals surface area contributed by atoms with Gasteiger partial charge in [0.15, 0.2) is 25.4 Å². The third-order valence-electron chi connectivity index (χ3n) is 7.93. The smallest absolute Gasteiger partial charge is 0.397 e. The van der Waals surface area contributed by atoms with E-state index in [0.29, 0.717) is 30.3 Å². The molecule has 8 N–H and O–H groups in total. The lowest BCUT2D eigenvalue weighted by molar-refractivity contribution is 0.282. The largest absolute Gasteiger partial charge is 0.505 e. The Balaban J connectivity index is 1.93. The molecule has 0 aliphatic carbocycles. The van der Waals surface area contributed by atoms with E-state index in [2.05, 4.69) is 28.8 Å². The Labute approximate surface area is 357 Å². The molecule has 0 heterocycles. The molecule has 0 unspecified atom stereocenters. The zero-order valence-corrected chi connectivity index (χ0v) is 36.9. The molecule has 4 aromatic rings. The summed E-state index contributed by atoms with van der Waals surface area (Å²) in [4.78, 5) is -5.20. The highest BCUT2D eigenvalue weighted by molar-refractivity contribution is 7.92. The zero-order chi connectivity index (χ0) is 47.9. The topological polar surface area (TPSA) is 464 Å². The highest BCUT2D eigenvalue weighted by Crippen LogP contribution is 2.49. The summed E-state index contributed by atoms with van der Waals surface area (Å²) < 4.78 is 230. The molecule has 63 heavy (non-hydrogen) atoms. The van der Waals surface area contributed by atoms with Crippen LogP contribution in [0.3, 0.4) is 0 Å². The standard InChI is InChI=1S/C28H29N5O23S7/c1-14-9-18(19(54-2)13-20(14)58(37,38)8-6-56-63(51,52)53)31-33-27-23(61(45,46)47)11-15-10-22(60(42,43)44)26(25(29)24(15)28(27)34)32-30-17-4-3-16(12-21(17)59(39,40)41)57(35,36)7-5-55-62(48,49)50/h3-4,9-13,34H,5-8,29H2,1-2H3,(H,39,40,41)(H,42,43,44)(H,45,46,47)(H,48,49,50)(H,51,52,53)/b32-30+,33-31+. The summed E-state index contributed by atoms with van der Waals surface area (Å²) in [6.07, 6.45) is 0. The Morgan fingerprint density at radius 2 is 1.05 bits per heavy atom. The van der Waals surface area contributed by atoms with Gasteiger partial charge >= 0.3 is 20.8 Å². The van der Waals surface area contributed by atoms with Gasteiger partial charge in [0.2, 0.25) is 0 Å². The molecule has 346 valence electrons. The van der Waals surface area contributed by atoms with E-state index in [1.807, 2.05) is 0 Å². The number of nitrogens with two attached hydrogens (primary N) is 1. The average Bonchev–Trinajstić information content (AvgIpc) is 3.11. The van der Waals surface area contributed by atoms with Crippen molar-refractivity contribution in [2.24, 2.45) is 20.5 Å². The second-order valence-corrected chi connectivity index (χ2v) is 22.7. The molecule has 4 rings (SSSR count). The number of phenols is 1. The van der Waals surface area contributed by atoms with Gasteiger partial charge in [-0.1, -0.05) is 0 Å². The monoisotopic (exact) mass is 1030 g/mol. The van der Waals surface area contributed by atoms with E-state index in [1.165, 1.54) is 6.92 Å². The van der Waals surface area contributed by atoms with Crippen molar-refractivity contribution in [3.8, 4) is 11.5 Å². The summed E-state index contributed by atoms with van der Waals surface area (Å²) in [5, 5.41) is 24.5. The summed E-state index contributed by atoms with van der Waals surface area (Å²) in [7, 11) is -34.4. The fraction of sp³-hybridized carbons (Fsp3) is 0.214. The van der Waals surface area contributed by atoms with Gasteiger partial charge in [-0.2, -0.15) is 42.1 Å². The number of azo groups is 2. The van der Waals surface area contributed by atoms with Crippen molar-refractivity contribution < 1.29 is 99.9 Å². The van der Waals surface area contributed by atoms with Crippen LogP contribution in [0.5, 0.6) is 11.5 Å². The Bertz CT molecular complexity index is 3410. The van der Waals surface area contributed by atoms with Crippen molar-refractivity contribution in [3.05, 3.63) is 48.0 Å². The number of nitrogen functional groups attached to an aromatic ring is 1. The molecule has 0 spiro atoms. The molecular formula is C28H29N5O23S7. The van der Waals surface area contributed by atoms with Crippen molar-refractivity contribution in [1.82, 2.24) is 0 Å². The van der Waals surface area contributed by atoms with Gasteiger partial charge in [-0.3, -0.25) is 22.8 Å².